The molecule has 0 radical (unpaired) electrons. The summed E-state index contributed by atoms with van der Waals surface area (Å²) in [5.74, 6) is 0.985. The van der Waals surface area contributed by atoms with Crippen LogP contribution in [-0.4, -0.2) is 30.7 Å². The lowest BCUT2D eigenvalue weighted by molar-refractivity contribution is 0.301. The van der Waals surface area contributed by atoms with Crippen molar-refractivity contribution < 1.29 is 27.0 Å². The second kappa shape index (κ2) is 35.8. The van der Waals surface area contributed by atoms with Gasteiger partial charge >= 0.3 is 0 Å². The van der Waals surface area contributed by atoms with Gasteiger partial charge in [-0.05, 0) is 126 Å². The number of hydrogen-bond acceptors (Lipinski definition) is 14. The van der Waals surface area contributed by atoms with Gasteiger partial charge in [-0.15, -0.1) is 68.0 Å². The predicted octanol–water partition coefficient (Wildman–Crippen LogP) is 30.4. The first-order valence-electron chi connectivity index (χ1n) is 37.8. The lowest BCUT2D eigenvalue weighted by Crippen LogP contribution is -2.04. The molecule has 0 spiro atoms. The highest BCUT2D eigenvalue weighted by Gasteiger charge is 2.32. The summed E-state index contributed by atoms with van der Waals surface area (Å²) >= 11 is 11.7. The Hall–Kier alpha value is -5.44. The van der Waals surface area contributed by atoms with E-state index in [1.54, 1.807) is 57.5 Å². The molecule has 0 aliphatic heterocycles. The Morgan fingerprint density at radius 3 is 1.25 bits per heavy atom. The molecule has 0 fully saturated rings. The Morgan fingerprint density at radius 2 is 0.735 bits per heavy atom. The normalized spacial score (nSPS) is 12.1. The third-order valence-corrected chi connectivity index (χ3v) is 28.3. The van der Waals surface area contributed by atoms with E-state index in [4.69, 9.17) is 27.0 Å². The van der Waals surface area contributed by atoms with Gasteiger partial charge < -0.3 is 9.47 Å². The molecule has 8 heterocycles. The summed E-state index contributed by atoms with van der Waals surface area (Å²) in [6.45, 7) is 22.9. The minimum absolute atomic E-state index is 0.140. The van der Waals surface area contributed by atoms with Crippen molar-refractivity contribution in [2.24, 2.45) is 11.8 Å². The van der Waals surface area contributed by atoms with Crippen LogP contribution in [0.5, 0.6) is 11.5 Å². The SMILES string of the molecule is CCCCCCCCOc1c(C)c(-c2ccc(-c3cc(F)c(-c4ccc(-c5c(OCCCCCCCC)c(C)c(-c6cc7c(-c8cc(F)c(CC(CCCC)CCCC)s8)c8sc(C)cc8c(-c8cc(F)c(CC(CCCC)CCCC)s8)c7s6)c6nsnc56)s4)cc3F)s2)c2nsnc2c1C. The fourth-order valence-electron chi connectivity index (χ4n) is 14.9. The van der Waals surface area contributed by atoms with Crippen LogP contribution in [0.1, 0.15) is 227 Å². The van der Waals surface area contributed by atoms with E-state index in [0.717, 1.165) is 261 Å². The molecule has 0 aliphatic carbocycles. The zero-order chi connectivity index (χ0) is 71.6. The number of benzene rings is 4. The maximum atomic E-state index is 17.1. The quantitative estimate of drug-likeness (QED) is 0.0282. The lowest BCUT2D eigenvalue weighted by atomic mass is 9.92. The van der Waals surface area contributed by atoms with Gasteiger partial charge in [-0.25, -0.2) is 17.6 Å². The number of aryl methyl sites for hydroxylation is 2. The Kier molecular flexibility index (Phi) is 26.7. The molecule has 0 aliphatic rings. The number of ether oxygens (including phenoxy) is 2. The average Bonchev–Trinajstić information content (AvgIpc) is 1.57. The van der Waals surface area contributed by atoms with E-state index in [9.17, 15) is 0 Å². The standard InChI is InChI=1S/C84H98F4N4O2S8/c1-11-17-23-25-27-29-39-93-81-50(8)72(78-77(52(81)10)89-101-90-78)65-37-35-63(96-65)55-44-60(86)56(45-59(55)85)64-36-38-66(97-64)76-80-79(91-102-92-80)73(51(9)82(76)94-40-30-28-26-24-18-12-2)69-46-58-75(71-48-62(88)68(99-71)43-54(33-21-15-5)34-22-16-6)83-57(41-49(7)95-83)74(84(58)100-69)70-47-61(87)67(98-70)42-53(31-19-13-3)32-20-14-4/h35-38,41,44-48,53-54H,11-34,39-40,42-43H2,1-10H3. The molecule has 0 saturated heterocycles. The first kappa shape index (κ1) is 76.2. The number of rotatable bonds is 39. The number of aromatic nitrogens is 4. The minimum Gasteiger partial charge on any atom is -0.493 e. The number of hydrogen-bond donors (Lipinski definition) is 0. The first-order chi connectivity index (χ1) is 49.7. The molecule has 0 saturated carbocycles. The summed E-state index contributed by atoms with van der Waals surface area (Å²) in [4.78, 5) is 8.40. The predicted molar refractivity (Wildman–Crippen MR) is 438 cm³/mol. The minimum atomic E-state index is -0.530. The van der Waals surface area contributed by atoms with Crippen molar-refractivity contribution in [1.29, 1.82) is 0 Å². The van der Waals surface area contributed by atoms with Gasteiger partial charge in [0, 0.05) is 119 Å². The fourth-order valence-corrected chi connectivity index (χ4v) is 23.3. The molecule has 0 N–H and O–H groups in total. The molecule has 4 aromatic carbocycles. The molecule has 0 amide bonds. The number of nitrogens with zero attached hydrogens (tertiary/aromatic N) is 4. The second-order valence-corrected chi connectivity index (χ2v) is 35.9. The summed E-state index contributed by atoms with van der Waals surface area (Å²) in [6, 6.07) is 18.5. The third kappa shape index (κ3) is 16.7. The summed E-state index contributed by atoms with van der Waals surface area (Å²) in [6.07, 6.45) is 28.3. The van der Waals surface area contributed by atoms with E-state index in [0.29, 0.717) is 51.6 Å². The zero-order valence-electron chi connectivity index (χ0n) is 61.1. The van der Waals surface area contributed by atoms with E-state index < -0.39 is 11.6 Å². The van der Waals surface area contributed by atoms with Gasteiger partial charge in [-0.1, -0.05) is 183 Å². The average molecular weight is 1530 g/mol. The number of halogens is 4. The zero-order valence-corrected chi connectivity index (χ0v) is 67.6. The van der Waals surface area contributed by atoms with E-state index in [1.807, 2.05) is 31.2 Å². The fraction of sp³-hybridized carbons (Fsp3) is 0.476. The molecule has 0 bridgehead atoms. The van der Waals surface area contributed by atoms with E-state index in [1.165, 1.54) is 85.1 Å². The Balaban J connectivity index is 0.949. The van der Waals surface area contributed by atoms with Crippen LogP contribution >= 0.6 is 91.5 Å². The van der Waals surface area contributed by atoms with E-state index in [2.05, 4.69) is 74.4 Å². The van der Waals surface area contributed by atoms with Crippen LogP contribution in [-0.2, 0) is 12.8 Å². The summed E-state index contributed by atoms with van der Waals surface area (Å²) in [7, 11) is 0. The van der Waals surface area contributed by atoms with Crippen molar-refractivity contribution in [2.75, 3.05) is 13.2 Å². The molecule has 542 valence electrons. The van der Waals surface area contributed by atoms with Gasteiger partial charge in [0.15, 0.2) is 0 Å². The van der Waals surface area contributed by atoms with Crippen LogP contribution in [0.15, 0.2) is 60.7 Å². The molecule has 102 heavy (non-hydrogen) atoms. The summed E-state index contributed by atoms with van der Waals surface area (Å²) < 4.78 is 103. The molecule has 0 unspecified atom stereocenters. The van der Waals surface area contributed by atoms with E-state index >= 15 is 17.6 Å². The molecule has 12 rings (SSSR count). The van der Waals surface area contributed by atoms with Crippen molar-refractivity contribution in [3.8, 4) is 84.6 Å². The van der Waals surface area contributed by atoms with Gasteiger partial charge in [-0.3, -0.25) is 0 Å². The molecule has 0 atom stereocenters. The molecule has 12 aromatic rings. The monoisotopic (exact) mass is 1530 g/mol. The second-order valence-electron chi connectivity index (χ2n) is 28.1. The lowest BCUT2D eigenvalue weighted by Gasteiger charge is -2.17. The number of fused-ring (bicyclic) bond motifs is 4. The molecule has 6 nitrogen and oxygen atoms in total. The maximum absolute atomic E-state index is 17.1. The highest BCUT2D eigenvalue weighted by molar-refractivity contribution is 7.25. The highest BCUT2D eigenvalue weighted by atomic mass is 32.1. The van der Waals surface area contributed by atoms with Crippen molar-refractivity contribution in [1.82, 2.24) is 17.5 Å². The topological polar surface area (TPSA) is 70.0 Å². The maximum Gasteiger partial charge on any atom is 0.137 e. The van der Waals surface area contributed by atoms with Crippen molar-refractivity contribution in [3.05, 3.63) is 115 Å². The van der Waals surface area contributed by atoms with E-state index in [-0.39, 0.29) is 22.8 Å². The molecule has 8 aromatic heterocycles. The van der Waals surface area contributed by atoms with Crippen LogP contribution in [0.2, 0.25) is 0 Å². The van der Waals surface area contributed by atoms with Crippen LogP contribution in [0.4, 0.5) is 17.6 Å². The van der Waals surface area contributed by atoms with Crippen molar-refractivity contribution in [3.63, 3.8) is 0 Å². The first-order valence-corrected chi connectivity index (χ1v) is 44.1. The summed E-state index contributed by atoms with van der Waals surface area (Å²) in [5.41, 5.74) is 10.7. The molecular formula is C84H98F4N4O2S8. The van der Waals surface area contributed by atoms with Crippen molar-refractivity contribution >= 4 is 134 Å². The van der Waals surface area contributed by atoms with Crippen LogP contribution in [0, 0.1) is 62.8 Å². The largest absolute Gasteiger partial charge is 0.493 e. The Bertz CT molecular complexity index is 4670. The highest BCUT2D eigenvalue weighted by Crippen LogP contribution is 2.57. The van der Waals surface area contributed by atoms with Gasteiger partial charge in [0.25, 0.3) is 0 Å². The van der Waals surface area contributed by atoms with Gasteiger partial charge in [0.1, 0.15) is 56.8 Å². The van der Waals surface area contributed by atoms with Gasteiger partial charge in [0.2, 0.25) is 0 Å². The van der Waals surface area contributed by atoms with Gasteiger partial charge in [-0.2, -0.15) is 17.5 Å². The molecular weight excluding hydrogens is 1430 g/mol. The van der Waals surface area contributed by atoms with Crippen molar-refractivity contribution in [2.45, 2.75) is 236 Å². The smallest absolute Gasteiger partial charge is 0.137 e. The Labute approximate surface area is 634 Å². The van der Waals surface area contributed by atoms with Crippen LogP contribution in [0.25, 0.3) is 115 Å². The van der Waals surface area contributed by atoms with Crippen LogP contribution < -0.4 is 9.47 Å². The molecule has 18 heteroatoms. The summed E-state index contributed by atoms with van der Waals surface area (Å²) in [5, 5.41) is 2.07. The number of thiophene rings is 6. The van der Waals surface area contributed by atoms with Gasteiger partial charge in [0.05, 0.1) is 42.2 Å². The third-order valence-electron chi connectivity index (χ3n) is 20.5. The number of unbranched alkanes of at least 4 members (excludes halogenated alkanes) is 14. The van der Waals surface area contributed by atoms with Crippen LogP contribution in [0.3, 0.4) is 0 Å². The Morgan fingerprint density at radius 1 is 0.343 bits per heavy atom.